The van der Waals surface area contributed by atoms with Gasteiger partial charge in [0.15, 0.2) is 0 Å². The van der Waals surface area contributed by atoms with E-state index in [0.29, 0.717) is 18.8 Å². The van der Waals surface area contributed by atoms with E-state index < -0.39 is 0 Å². The summed E-state index contributed by atoms with van der Waals surface area (Å²) >= 11 is 0. The number of nitrogens with one attached hydrogen (secondary N) is 2. The van der Waals surface area contributed by atoms with Crippen molar-refractivity contribution in [2.24, 2.45) is 0 Å². The lowest BCUT2D eigenvalue weighted by Crippen LogP contribution is -2.49. The minimum atomic E-state index is -0.168. The first-order chi connectivity index (χ1) is 9.16. The molecule has 1 aromatic carbocycles. The number of amides is 1. The monoisotopic (exact) mass is 259 g/mol. The van der Waals surface area contributed by atoms with Crippen LogP contribution in [0.2, 0.25) is 0 Å². The molecule has 2 heterocycles. The summed E-state index contributed by atoms with van der Waals surface area (Å²) in [5.41, 5.74) is 1.37. The first-order valence-corrected chi connectivity index (χ1v) is 6.50. The Morgan fingerprint density at radius 2 is 2.21 bits per heavy atom. The summed E-state index contributed by atoms with van der Waals surface area (Å²) in [5, 5.41) is 11.0. The van der Waals surface area contributed by atoms with Crippen molar-refractivity contribution in [3.8, 4) is 0 Å². The van der Waals surface area contributed by atoms with Crippen LogP contribution < -0.4 is 5.32 Å². The molecule has 1 saturated heterocycles. The Balaban J connectivity index is 1.79. The number of carbonyl (C=O) groups excluding carboxylic acids is 1. The van der Waals surface area contributed by atoms with Crippen LogP contribution in [0.5, 0.6) is 0 Å². The highest BCUT2D eigenvalue weighted by Crippen LogP contribution is 2.21. The second-order valence-corrected chi connectivity index (χ2v) is 5.30. The van der Waals surface area contributed by atoms with Crippen LogP contribution in [-0.4, -0.2) is 34.9 Å². The molecule has 0 spiro atoms. The predicted molar refractivity (Wildman–Crippen MR) is 72.0 cm³/mol. The second-order valence-electron chi connectivity index (χ2n) is 5.30. The SMILES string of the molecule is CC1(NC(=O)c2ccc3cn[nH]c3c2)CCOCC1. The molecule has 100 valence electrons. The van der Waals surface area contributed by atoms with Crippen LogP contribution in [0.4, 0.5) is 0 Å². The lowest BCUT2D eigenvalue weighted by Gasteiger charge is -2.34. The van der Waals surface area contributed by atoms with Gasteiger partial charge in [0.1, 0.15) is 0 Å². The number of benzene rings is 1. The second kappa shape index (κ2) is 4.66. The maximum Gasteiger partial charge on any atom is 0.251 e. The standard InChI is InChI=1S/C14H17N3O2/c1-14(4-6-19-7-5-14)16-13(18)10-2-3-11-9-15-17-12(11)8-10/h2-3,8-9H,4-7H2,1H3,(H,15,17)(H,16,18). The lowest BCUT2D eigenvalue weighted by atomic mass is 9.92. The third kappa shape index (κ3) is 2.46. The lowest BCUT2D eigenvalue weighted by molar-refractivity contribution is 0.0423. The molecule has 0 radical (unpaired) electrons. The number of hydrogen-bond donors (Lipinski definition) is 2. The predicted octanol–water partition coefficient (Wildman–Crippen LogP) is 1.86. The van der Waals surface area contributed by atoms with Crippen molar-refractivity contribution in [1.82, 2.24) is 15.5 Å². The summed E-state index contributed by atoms with van der Waals surface area (Å²) < 4.78 is 5.33. The molecule has 0 bridgehead atoms. The van der Waals surface area contributed by atoms with E-state index in [1.54, 1.807) is 6.20 Å². The number of rotatable bonds is 2. The summed E-state index contributed by atoms with van der Waals surface area (Å²) in [6.45, 7) is 3.48. The van der Waals surface area contributed by atoms with E-state index in [0.717, 1.165) is 23.7 Å². The molecule has 1 amide bonds. The molecule has 3 rings (SSSR count). The zero-order valence-electron chi connectivity index (χ0n) is 10.9. The van der Waals surface area contributed by atoms with Gasteiger partial charge in [-0.25, -0.2) is 0 Å². The number of fused-ring (bicyclic) bond motifs is 1. The van der Waals surface area contributed by atoms with Gasteiger partial charge in [-0.3, -0.25) is 9.89 Å². The zero-order valence-corrected chi connectivity index (χ0v) is 10.9. The van der Waals surface area contributed by atoms with Gasteiger partial charge in [-0.15, -0.1) is 0 Å². The fraction of sp³-hybridized carbons (Fsp3) is 0.429. The number of carbonyl (C=O) groups is 1. The van der Waals surface area contributed by atoms with Crippen molar-refractivity contribution in [2.75, 3.05) is 13.2 Å². The highest BCUT2D eigenvalue weighted by molar-refractivity contribution is 5.98. The largest absolute Gasteiger partial charge is 0.381 e. The Labute approximate surface area is 111 Å². The molecule has 19 heavy (non-hydrogen) atoms. The van der Waals surface area contributed by atoms with Crippen molar-refractivity contribution in [1.29, 1.82) is 0 Å². The summed E-state index contributed by atoms with van der Waals surface area (Å²) in [5.74, 6) is -0.0408. The molecular weight excluding hydrogens is 242 g/mol. The number of H-pyrrole nitrogens is 1. The van der Waals surface area contributed by atoms with Gasteiger partial charge in [0.2, 0.25) is 0 Å². The van der Waals surface area contributed by atoms with Crippen LogP contribution in [0.15, 0.2) is 24.4 Å². The number of nitrogens with zero attached hydrogens (tertiary/aromatic N) is 1. The van der Waals surface area contributed by atoms with Crippen molar-refractivity contribution in [3.63, 3.8) is 0 Å². The molecule has 1 fully saturated rings. The van der Waals surface area contributed by atoms with Gasteiger partial charge in [0, 0.05) is 29.7 Å². The Morgan fingerprint density at radius 1 is 1.42 bits per heavy atom. The maximum atomic E-state index is 12.3. The molecule has 0 aliphatic carbocycles. The Morgan fingerprint density at radius 3 is 3.00 bits per heavy atom. The molecular formula is C14H17N3O2. The van der Waals surface area contributed by atoms with Crippen LogP contribution in [0.25, 0.3) is 10.9 Å². The van der Waals surface area contributed by atoms with Crippen molar-refractivity contribution in [2.45, 2.75) is 25.3 Å². The molecule has 0 saturated carbocycles. The smallest absolute Gasteiger partial charge is 0.251 e. The van der Waals surface area contributed by atoms with E-state index >= 15 is 0 Å². The highest BCUT2D eigenvalue weighted by Gasteiger charge is 2.29. The Hall–Kier alpha value is -1.88. The van der Waals surface area contributed by atoms with Gasteiger partial charge in [-0.1, -0.05) is 6.07 Å². The van der Waals surface area contributed by atoms with Crippen molar-refractivity contribution >= 4 is 16.8 Å². The van der Waals surface area contributed by atoms with Crippen molar-refractivity contribution in [3.05, 3.63) is 30.0 Å². The summed E-state index contributed by atoms with van der Waals surface area (Å²) in [7, 11) is 0. The van der Waals surface area contributed by atoms with Crippen LogP contribution in [-0.2, 0) is 4.74 Å². The highest BCUT2D eigenvalue weighted by atomic mass is 16.5. The summed E-state index contributed by atoms with van der Waals surface area (Å²) in [4.78, 5) is 12.3. The molecule has 1 aliphatic rings. The summed E-state index contributed by atoms with van der Waals surface area (Å²) in [6, 6.07) is 5.57. The Bertz CT molecular complexity index is 600. The first kappa shape index (κ1) is 12.2. The van der Waals surface area contributed by atoms with E-state index in [4.69, 9.17) is 4.74 Å². The van der Waals surface area contributed by atoms with Crippen molar-refractivity contribution < 1.29 is 9.53 Å². The number of aromatic amines is 1. The molecule has 1 aliphatic heterocycles. The maximum absolute atomic E-state index is 12.3. The molecule has 0 unspecified atom stereocenters. The van der Waals surface area contributed by atoms with E-state index in [9.17, 15) is 4.79 Å². The number of hydrogen-bond acceptors (Lipinski definition) is 3. The van der Waals surface area contributed by atoms with Crippen LogP contribution in [0.3, 0.4) is 0 Å². The van der Waals surface area contributed by atoms with Gasteiger partial charge in [-0.2, -0.15) is 5.10 Å². The molecule has 2 N–H and O–H groups in total. The molecule has 5 heteroatoms. The quantitative estimate of drug-likeness (QED) is 0.865. The molecule has 1 aromatic heterocycles. The number of aromatic nitrogens is 2. The van der Waals surface area contributed by atoms with Gasteiger partial charge in [-0.05, 0) is 31.9 Å². The van der Waals surface area contributed by atoms with E-state index in [-0.39, 0.29) is 11.4 Å². The molecule has 0 atom stereocenters. The van der Waals surface area contributed by atoms with Gasteiger partial charge >= 0.3 is 0 Å². The van der Waals surface area contributed by atoms with Gasteiger partial charge < -0.3 is 10.1 Å². The third-order valence-corrected chi connectivity index (χ3v) is 3.72. The topological polar surface area (TPSA) is 67.0 Å². The zero-order chi connectivity index (χ0) is 13.3. The fourth-order valence-electron chi connectivity index (χ4n) is 2.37. The first-order valence-electron chi connectivity index (χ1n) is 6.50. The third-order valence-electron chi connectivity index (χ3n) is 3.72. The fourth-order valence-corrected chi connectivity index (χ4v) is 2.37. The van der Waals surface area contributed by atoms with E-state index in [1.165, 1.54) is 0 Å². The van der Waals surface area contributed by atoms with Crippen LogP contribution in [0.1, 0.15) is 30.1 Å². The summed E-state index contributed by atoms with van der Waals surface area (Å²) in [6.07, 6.45) is 3.45. The molecule has 2 aromatic rings. The van der Waals surface area contributed by atoms with Gasteiger partial charge in [0.05, 0.1) is 11.7 Å². The van der Waals surface area contributed by atoms with Crippen LogP contribution >= 0.6 is 0 Å². The van der Waals surface area contributed by atoms with E-state index in [2.05, 4.69) is 22.4 Å². The van der Waals surface area contributed by atoms with Crippen LogP contribution in [0, 0.1) is 0 Å². The Kier molecular flexibility index (Phi) is 2.98. The minimum absolute atomic E-state index is 0.0408. The average Bonchev–Trinajstić information content (AvgIpc) is 2.86. The van der Waals surface area contributed by atoms with Gasteiger partial charge in [0.25, 0.3) is 5.91 Å². The molecule has 5 nitrogen and oxygen atoms in total. The number of ether oxygens (including phenoxy) is 1. The van der Waals surface area contributed by atoms with E-state index in [1.807, 2.05) is 18.2 Å². The average molecular weight is 259 g/mol. The normalized spacial score (nSPS) is 18.4. The minimum Gasteiger partial charge on any atom is -0.381 e.